The second-order valence-corrected chi connectivity index (χ2v) is 5.76. The first-order valence-corrected chi connectivity index (χ1v) is 7.12. The zero-order chi connectivity index (χ0) is 14.0. The van der Waals surface area contributed by atoms with Crippen LogP contribution < -0.4 is 5.32 Å². The molecule has 0 aliphatic heterocycles. The highest BCUT2D eigenvalue weighted by atomic mass is 79.9. The van der Waals surface area contributed by atoms with Gasteiger partial charge in [0.05, 0.1) is 21.3 Å². The molecular weight excluding hydrogens is 372 g/mol. The Morgan fingerprint density at radius 1 is 1.11 bits per heavy atom. The topological polar surface area (TPSA) is 29.1 Å². The highest BCUT2D eigenvalue weighted by Crippen LogP contribution is 2.29. The molecule has 0 spiro atoms. The predicted molar refractivity (Wildman–Crippen MR) is 83.6 cm³/mol. The van der Waals surface area contributed by atoms with Gasteiger partial charge in [-0.1, -0.05) is 40.9 Å². The van der Waals surface area contributed by atoms with Gasteiger partial charge in [0, 0.05) is 9.50 Å². The summed E-state index contributed by atoms with van der Waals surface area (Å²) in [6.45, 7) is 0. The van der Waals surface area contributed by atoms with Crippen molar-refractivity contribution in [2.45, 2.75) is 0 Å². The van der Waals surface area contributed by atoms with E-state index < -0.39 is 0 Å². The van der Waals surface area contributed by atoms with Gasteiger partial charge in [0.15, 0.2) is 0 Å². The Hall–Kier alpha value is -0.740. The molecule has 0 unspecified atom stereocenters. The Balaban J connectivity index is 2.31. The molecule has 6 heteroatoms. The summed E-state index contributed by atoms with van der Waals surface area (Å²) in [4.78, 5) is 12.1. The highest BCUT2D eigenvalue weighted by Gasteiger charge is 2.14. The van der Waals surface area contributed by atoms with Crippen LogP contribution in [0.2, 0.25) is 15.1 Å². The van der Waals surface area contributed by atoms with Crippen LogP contribution in [0.5, 0.6) is 0 Å². The first kappa shape index (κ1) is 14.7. The molecule has 0 saturated heterocycles. The smallest absolute Gasteiger partial charge is 0.257 e. The normalized spacial score (nSPS) is 10.3. The van der Waals surface area contributed by atoms with Crippen molar-refractivity contribution < 1.29 is 4.79 Å². The molecule has 0 saturated carbocycles. The molecule has 2 aromatic rings. The molecular formula is C13H7BrCl3NO. The van der Waals surface area contributed by atoms with E-state index in [0.717, 1.165) is 0 Å². The van der Waals surface area contributed by atoms with Crippen molar-refractivity contribution in [3.05, 3.63) is 61.5 Å². The minimum absolute atomic E-state index is 0.346. The molecule has 0 aliphatic carbocycles. The van der Waals surface area contributed by atoms with Gasteiger partial charge in [-0.2, -0.15) is 0 Å². The van der Waals surface area contributed by atoms with Gasteiger partial charge in [0.1, 0.15) is 0 Å². The SMILES string of the molecule is O=C(Nc1cc(Cl)ccc1Cl)c1cccc(Br)c1Cl. The van der Waals surface area contributed by atoms with Crippen molar-refractivity contribution in [3.63, 3.8) is 0 Å². The van der Waals surface area contributed by atoms with Crippen molar-refractivity contribution in [1.82, 2.24) is 0 Å². The Morgan fingerprint density at radius 2 is 1.84 bits per heavy atom. The molecule has 2 nitrogen and oxygen atoms in total. The molecule has 19 heavy (non-hydrogen) atoms. The second-order valence-electron chi connectivity index (χ2n) is 3.68. The second kappa shape index (κ2) is 6.14. The lowest BCUT2D eigenvalue weighted by Crippen LogP contribution is -2.12. The lowest BCUT2D eigenvalue weighted by Gasteiger charge is -2.09. The lowest BCUT2D eigenvalue weighted by atomic mass is 10.2. The summed E-state index contributed by atoms with van der Waals surface area (Å²) >= 11 is 21.2. The number of benzene rings is 2. The standard InChI is InChI=1S/C13H7BrCl3NO/c14-9-3-1-2-8(12(9)17)13(19)18-11-6-7(15)4-5-10(11)16/h1-6H,(H,18,19). The molecule has 0 aromatic heterocycles. The van der Waals surface area contributed by atoms with E-state index in [1.807, 2.05) is 0 Å². The van der Waals surface area contributed by atoms with Crippen molar-refractivity contribution >= 4 is 62.3 Å². The number of nitrogens with one attached hydrogen (secondary N) is 1. The van der Waals surface area contributed by atoms with Crippen molar-refractivity contribution in [2.75, 3.05) is 5.32 Å². The van der Waals surface area contributed by atoms with Gasteiger partial charge in [-0.3, -0.25) is 4.79 Å². The number of amides is 1. The minimum atomic E-state index is -0.351. The summed E-state index contributed by atoms with van der Waals surface area (Å²) in [7, 11) is 0. The van der Waals surface area contributed by atoms with Gasteiger partial charge >= 0.3 is 0 Å². The lowest BCUT2D eigenvalue weighted by molar-refractivity contribution is 0.102. The number of rotatable bonds is 2. The Labute approximate surface area is 133 Å². The van der Waals surface area contributed by atoms with Crippen LogP contribution in [-0.2, 0) is 0 Å². The summed E-state index contributed by atoms with van der Waals surface area (Å²) in [5.74, 6) is -0.351. The fourth-order valence-corrected chi connectivity index (χ4v) is 2.38. The third-order valence-corrected chi connectivity index (χ3v) is 4.23. The summed E-state index contributed by atoms with van der Waals surface area (Å²) in [5.41, 5.74) is 0.794. The van der Waals surface area contributed by atoms with E-state index in [-0.39, 0.29) is 5.91 Å². The summed E-state index contributed by atoms with van der Waals surface area (Å²) in [6, 6.07) is 9.94. The number of hydrogen-bond donors (Lipinski definition) is 1. The molecule has 98 valence electrons. The number of hydrogen-bond acceptors (Lipinski definition) is 1. The summed E-state index contributed by atoms with van der Waals surface area (Å²) < 4.78 is 0.652. The van der Waals surface area contributed by atoms with E-state index in [4.69, 9.17) is 34.8 Å². The van der Waals surface area contributed by atoms with E-state index in [0.29, 0.717) is 30.8 Å². The average Bonchev–Trinajstić information content (AvgIpc) is 2.37. The van der Waals surface area contributed by atoms with E-state index in [1.54, 1.807) is 36.4 Å². The van der Waals surface area contributed by atoms with Crippen molar-refractivity contribution in [2.24, 2.45) is 0 Å². The van der Waals surface area contributed by atoms with Crippen LogP contribution in [0.25, 0.3) is 0 Å². The van der Waals surface area contributed by atoms with Gasteiger partial charge in [0.2, 0.25) is 0 Å². The molecule has 0 atom stereocenters. The third-order valence-electron chi connectivity index (χ3n) is 2.37. The van der Waals surface area contributed by atoms with Crippen LogP contribution in [0.3, 0.4) is 0 Å². The van der Waals surface area contributed by atoms with Gasteiger partial charge in [-0.15, -0.1) is 0 Å². The monoisotopic (exact) mass is 377 g/mol. The van der Waals surface area contributed by atoms with Gasteiger partial charge < -0.3 is 5.32 Å². The van der Waals surface area contributed by atoms with Crippen LogP contribution in [0, 0.1) is 0 Å². The van der Waals surface area contributed by atoms with Crippen molar-refractivity contribution in [3.8, 4) is 0 Å². The maximum Gasteiger partial charge on any atom is 0.257 e. The largest absolute Gasteiger partial charge is 0.321 e. The molecule has 2 aromatic carbocycles. The predicted octanol–water partition coefficient (Wildman–Crippen LogP) is 5.66. The molecule has 1 amide bonds. The van der Waals surface area contributed by atoms with Gasteiger partial charge in [-0.25, -0.2) is 0 Å². The Kier molecular flexibility index (Phi) is 4.74. The van der Waals surface area contributed by atoms with Crippen LogP contribution in [0.1, 0.15) is 10.4 Å². The summed E-state index contributed by atoms with van der Waals surface area (Å²) in [5, 5.41) is 3.91. The van der Waals surface area contributed by atoms with Gasteiger partial charge in [-0.05, 0) is 46.3 Å². The van der Waals surface area contributed by atoms with E-state index in [9.17, 15) is 4.79 Å². The fraction of sp³-hybridized carbons (Fsp3) is 0. The quantitative estimate of drug-likeness (QED) is 0.716. The zero-order valence-electron chi connectivity index (χ0n) is 9.38. The molecule has 0 aliphatic rings. The molecule has 0 fully saturated rings. The number of anilines is 1. The van der Waals surface area contributed by atoms with Gasteiger partial charge in [0.25, 0.3) is 5.91 Å². The van der Waals surface area contributed by atoms with Crippen LogP contribution >= 0.6 is 50.7 Å². The number of carbonyl (C=O) groups is 1. The zero-order valence-corrected chi connectivity index (χ0v) is 13.2. The van der Waals surface area contributed by atoms with E-state index in [2.05, 4.69) is 21.2 Å². The van der Waals surface area contributed by atoms with Crippen LogP contribution in [0.4, 0.5) is 5.69 Å². The van der Waals surface area contributed by atoms with Crippen LogP contribution in [0.15, 0.2) is 40.9 Å². The third kappa shape index (κ3) is 3.42. The maximum atomic E-state index is 12.1. The fourth-order valence-electron chi connectivity index (χ4n) is 1.46. The molecule has 0 heterocycles. The molecule has 0 radical (unpaired) electrons. The van der Waals surface area contributed by atoms with Crippen LogP contribution in [-0.4, -0.2) is 5.91 Å². The van der Waals surface area contributed by atoms with E-state index in [1.165, 1.54) is 0 Å². The number of carbonyl (C=O) groups excluding carboxylic acids is 1. The maximum absolute atomic E-state index is 12.1. The molecule has 2 rings (SSSR count). The Bertz CT molecular complexity index is 646. The minimum Gasteiger partial charge on any atom is -0.321 e. The average molecular weight is 379 g/mol. The molecule has 0 bridgehead atoms. The number of halogens is 4. The molecule has 1 N–H and O–H groups in total. The van der Waals surface area contributed by atoms with E-state index >= 15 is 0 Å². The first-order valence-electron chi connectivity index (χ1n) is 5.19. The highest BCUT2D eigenvalue weighted by molar-refractivity contribution is 9.10. The summed E-state index contributed by atoms with van der Waals surface area (Å²) in [6.07, 6.45) is 0. The van der Waals surface area contributed by atoms with Crippen molar-refractivity contribution in [1.29, 1.82) is 0 Å². The Morgan fingerprint density at radius 3 is 2.58 bits per heavy atom. The first-order chi connectivity index (χ1) is 8.99.